The Labute approximate surface area is 118 Å². The Morgan fingerprint density at radius 1 is 1.39 bits per heavy atom. The van der Waals surface area contributed by atoms with E-state index >= 15 is 0 Å². The largest absolute Gasteiger partial charge is 0.350 e. The van der Waals surface area contributed by atoms with Crippen LogP contribution in [0.15, 0.2) is 18.2 Å². The Hall–Kier alpha value is -0.730. The Kier molecular flexibility index (Phi) is 3.88. The van der Waals surface area contributed by atoms with E-state index in [1.807, 2.05) is 12.1 Å². The zero-order chi connectivity index (χ0) is 13.3. The van der Waals surface area contributed by atoms with Crippen molar-refractivity contribution in [2.24, 2.45) is 5.92 Å². The predicted molar refractivity (Wildman–Crippen MR) is 75.1 cm³/mol. The van der Waals surface area contributed by atoms with Crippen LogP contribution in [0.5, 0.6) is 0 Å². The molecule has 1 saturated heterocycles. The van der Waals surface area contributed by atoms with Crippen LogP contribution >= 0.6 is 23.2 Å². The van der Waals surface area contributed by atoms with Crippen LogP contribution in [-0.4, -0.2) is 11.4 Å². The van der Waals surface area contributed by atoms with E-state index in [1.54, 1.807) is 6.07 Å². The van der Waals surface area contributed by atoms with E-state index in [-0.39, 0.29) is 11.4 Å². The van der Waals surface area contributed by atoms with Crippen LogP contribution in [-0.2, 0) is 11.2 Å². The first-order valence-electron chi connectivity index (χ1n) is 6.18. The van der Waals surface area contributed by atoms with Crippen molar-refractivity contribution in [1.82, 2.24) is 5.32 Å². The summed E-state index contributed by atoms with van der Waals surface area (Å²) in [6, 6.07) is 5.65. The molecule has 98 valence electrons. The molecule has 2 nitrogen and oxygen atoms in total. The summed E-state index contributed by atoms with van der Waals surface area (Å²) in [7, 11) is 0. The second kappa shape index (κ2) is 5.10. The van der Waals surface area contributed by atoms with Gasteiger partial charge in [-0.3, -0.25) is 4.79 Å². The maximum Gasteiger partial charge on any atom is 0.220 e. The molecule has 0 aliphatic carbocycles. The van der Waals surface area contributed by atoms with Gasteiger partial charge in [-0.2, -0.15) is 0 Å². The Balaban J connectivity index is 2.30. The van der Waals surface area contributed by atoms with Gasteiger partial charge in [-0.25, -0.2) is 0 Å². The van der Waals surface area contributed by atoms with Gasteiger partial charge < -0.3 is 5.32 Å². The van der Waals surface area contributed by atoms with Crippen molar-refractivity contribution in [2.45, 2.75) is 38.6 Å². The molecule has 1 N–H and O–H groups in total. The van der Waals surface area contributed by atoms with Crippen molar-refractivity contribution >= 4 is 29.1 Å². The number of halogens is 2. The molecule has 1 amide bonds. The van der Waals surface area contributed by atoms with E-state index < -0.39 is 0 Å². The van der Waals surface area contributed by atoms with Gasteiger partial charge in [0.2, 0.25) is 5.91 Å². The second-order valence-corrected chi connectivity index (χ2v) is 6.03. The van der Waals surface area contributed by atoms with Gasteiger partial charge in [0.1, 0.15) is 0 Å². The summed E-state index contributed by atoms with van der Waals surface area (Å²) in [4.78, 5) is 11.5. The highest BCUT2D eigenvalue weighted by molar-refractivity contribution is 6.42. The summed E-state index contributed by atoms with van der Waals surface area (Å²) in [6.45, 7) is 4.26. The molecule has 1 atom stereocenters. The highest BCUT2D eigenvalue weighted by atomic mass is 35.5. The monoisotopic (exact) mass is 285 g/mol. The van der Waals surface area contributed by atoms with Crippen LogP contribution in [0.3, 0.4) is 0 Å². The molecule has 1 heterocycles. The lowest BCUT2D eigenvalue weighted by Gasteiger charge is -2.34. The summed E-state index contributed by atoms with van der Waals surface area (Å²) in [5.41, 5.74) is 0.811. The standard InChI is InChI=1S/C14H17Cl2NO/c1-9(2)14(7-6-12(18)17-14)8-10-4-3-5-11(15)13(10)16/h3-5,9H,6-8H2,1-2H3,(H,17,18). The van der Waals surface area contributed by atoms with Gasteiger partial charge in [-0.05, 0) is 30.4 Å². The molecule has 1 aliphatic rings. The average Bonchev–Trinajstić information content (AvgIpc) is 2.68. The number of carbonyl (C=O) groups is 1. The predicted octanol–water partition coefficient (Wildman–Crippen LogP) is 3.84. The minimum atomic E-state index is -0.189. The molecule has 1 aromatic rings. The van der Waals surface area contributed by atoms with Crippen molar-refractivity contribution in [1.29, 1.82) is 0 Å². The number of hydrogen-bond acceptors (Lipinski definition) is 1. The quantitative estimate of drug-likeness (QED) is 0.898. The highest BCUT2D eigenvalue weighted by Crippen LogP contribution is 2.35. The van der Waals surface area contributed by atoms with Crippen molar-refractivity contribution < 1.29 is 4.79 Å². The maximum atomic E-state index is 11.5. The number of carbonyl (C=O) groups excluding carboxylic acids is 1. The normalized spacial score (nSPS) is 23.5. The zero-order valence-electron chi connectivity index (χ0n) is 10.6. The summed E-state index contributed by atoms with van der Waals surface area (Å²) >= 11 is 12.3. The van der Waals surface area contributed by atoms with E-state index in [0.29, 0.717) is 22.4 Å². The van der Waals surface area contributed by atoms with E-state index in [9.17, 15) is 4.79 Å². The lowest BCUT2D eigenvalue weighted by molar-refractivity contribution is -0.120. The molecule has 0 bridgehead atoms. The summed E-state index contributed by atoms with van der Waals surface area (Å²) < 4.78 is 0. The number of amides is 1. The maximum absolute atomic E-state index is 11.5. The third kappa shape index (κ3) is 2.50. The summed E-state index contributed by atoms with van der Waals surface area (Å²) in [5, 5.41) is 4.29. The molecule has 1 aliphatic heterocycles. The molecule has 2 rings (SSSR count). The molecule has 1 fully saturated rings. The van der Waals surface area contributed by atoms with Crippen molar-refractivity contribution in [3.05, 3.63) is 33.8 Å². The topological polar surface area (TPSA) is 29.1 Å². The molecular weight excluding hydrogens is 269 g/mol. The number of hydrogen-bond donors (Lipinski definition) is 1. The summed E-state index contributed by atoms with van der Waals surface area (Å²) in [5.74, 6) is 0.487. The minimum Gasteiger partial charge on any atom is -0.350 e. The van der Waals surface area contributed by atoms with E-state index in [4.69, 9.17) is 23.2 Å². The minimum absolute atomic E-state index is 0.127. The molecule has 0 radical (unpaired) electrons. The highest BCUT2D eigenvalue weighted by Gasteiger charge is 2.40. The second-order valence-electron chi connectivity index (χ2n) is 5.25. The number of rotatable bonds is 3. The lowest BCUT2D eigenvalue weighted by Crippen LogP contribution is -2.48. The zero-order valence-corrected chi connectivity index (χ0v) is 12.1. The SMILES string of the molecule is CC(C)C1(Cc2cccc(Cl)c2Cl)CCC(=O)N1. The van der Waals surface area contributed by atoms with Crippen molar-refractivity contribution in [3.63, 3.8) is 0 Å². The van der Waals surface area contributed by atoms with Crippen LogP contribution in [0, 0.1) is 5.92 Å². The van der Waals surface area contributed by atoms with Gasteiger partial charge in [0.15, 0.2) is 0 Å². The van der Waals surface area contributed by atoms with Crippen LogP contribution in [0.1, 0.15) is 32.3 Å². The summed E-state index contributed by atoms with van der Waals surface area (Å²) in [6.07, 6.45) is 2.18. The van der Waals surface area contributed by atoms with E-state index in [1.165, 1.54) is 0 Å². The molecule has 1 unspecified atom stereocenters. The number of benzene rings is 1. The number of nitrogens with one attached hydrogen (secondary N) is 1. The molecule has 0 spiro atoms. The third-order valence-corrected chi connectivity index (χ3v) is 4.69. The van der Waals surface area contributed by atoms with Gasteiger partial charge in [0.05, 0.1) is 10.0 Å². The van der Waals surface area contributed by atoms with Crippen LogP contribution in [0.25, 0.3) is 0 Å². The Morgan fingerprint density at radius 2 is 2.11 bits per heavy atom. The van der Waals surface area contributed by atoms with E-state index in [2.05, 4.69) is 19.2 Å². The molecule has 4 heteroatoms. The van der Waals surface area contributed by atoms with E-state index in [0.717, 1.165) is 18.4 Å². The van der Waals surface area contributed by atoms with Crippen molar-refractivity contribution in [2.75, 3.05) is 0 Å². The fraction of sp³-hybridized carbons (Fsp3) is 0.500. The average molecular weight is 286 g/mol. The van der Waals surface area contributed by atoms with Gasteiger partial charge in [-0.1, -0.05) is 49.2 Å². The van der Waals surface area contributed by atoms with Crippen LogP contribution in [0.4, 0.5) is 0 Å². The molecule has 0 saturated carbocycles. The lowest BCUT2D eigenvalue weighted by atomic mass is 9.80. The smallest absolute Gasteiger partial charge is 0.220 e. The molecule has 0 aromatic heterocycles. The Bertz CT molecular complexity index is 473. The van der Waals surface area contributed by atoms with Gasteiger partial charge in [0, 0.05) is 12.0 Å². The van der Waals surface area contributed by atoms with Crippen molar-refractivity contribution in [3.8, 4) is 0 Å². The van der Waals surface area contributed by atoms with Gasteiger partial charge in [0.25, 0.3) is 0 Å². The third-order valence-electron chi connectivity index (χ3n) is 3.83. The fourth-order valence-corrected chi connectivity index (χ4v) is 2.92. The fourth-order valence-electron chi connectivity index (χ4n) is 2.53. The van der Waals surface area contributed by atoms with Gasteiger partial charge >= 0.3 is 0 Å². The van der Waals surface area contributed by atoms with Gasteiger partial charge in [-0.15, -0.1) is 0 Å². The van der Waals surface area contributed by atoms with Crippen LogP contribution in [0.2, 0.25) is 10.0 Å². The first kappa shape index (κ1) is 13.7. The first-order chi connectivity index (χ1) is 8.44. The molecular formula is C14H17Cl2NO. The molecule has 1 aromatic carbocycles. The Morgan fingerprint density at radius 3 is 2.67 bits per heavy atom. The van der Waals surface area contributed by atoms with Crippen LogP contribution < -0.4 is 5.32 Å². The molecule has 18 heavy (non-hydrogen) atoms. The first-order valence-corrected chi connectivity index (χ1v) is 6.94.